The molecule has 0 heterocycles. The Balaban J connectivity index is 2.91. The molecule has 4 N–H and O–H groups in total. The summed E-state index contributed by atoms with van der Waals surface area (Å²) in [6.07, 6.45) is 1.11. The molecule has 0 aliphatic rings. The molecule has 52 valence electrons. The minimum Gasteiger partial charge on any atom is -0.351 e. The molecule has 5 nitrogen and oxygen atoms in total. The summed E-state index contributed by atoms with van der Waals surface area (Å²) in [5.74, 6) is 0. The van der Waals surface area contributed by atoms with Crippen LogP contribution in [-0.2, 0) is 4.79 Å². The van der Waals surface area contributed by atoms with Crippen molar-refractivity contribution >= 4 is 12.3 Å². The van der Waals surface area contributed by atoms with Crippen molar-refractivity contribution in [1.82, 2.24) is 10.9 Å². The first kappa shape index (κ1) is 7.90. The first-order chi connectivity index (χ1) is 4.27. The van der Waals surface area contributed by atoms with E-state index < -0.39 is 6.03 Å². The van der Waals surface area contributed by atoms with Gasteiger partial charge < -0.3 is 10.5 Å². The van der Waals surface area contributed by atoms with E-state index in [0.717, 1.165) is 6.29 Å². The number of aldehydes is 1. The fourth-order valence-corrected chi connectivity index (χ4v) is 0.281. The number of primary amides is 1. The highest BCUT2D eigenvalue weighted by Gasteiger charge is 1.86. The molecule has 0 saturated heterocycles. The Labute approximate surface area is 52.6 Å². The van der Waals surface area contributed by atoms with Gasteiger partial charge in [0.1, 0.15) is 6.29 Å². The van der Waals surface area contributed by atoms with Crippen molar-refractivity contribution < 1.29 is 9.59 Å². The van der Waals surface area contributed by atoms with Crippen molar-refractivity contribution in [1.29, 1.82) is 0 Å². The summed E-state index contributed by atoms with van der Waals surface area (Å²) in [6.45, 7) is 0.409. The predicted molar refractivity (Wildman–Crippen MR) is 31.4 cm³/mol. The monoisotopic (exact) mass is 131 g/mol. The molecule has 0 unspecified atom stereocenters. The van der Waals surface area contributed by atoms with Gasteiger partial charge in [-0.05, 0) is 0 Å². The quantitative estimate of drug-likeness (QED) is 0.253. The number of hydrogen-bond acceptors (Lipinski definition) is 3. The fourth-order valence-electron chi connectivity index (χ4n) is 0.281. The summed E-state index contributed by atoms with van der Waals surface area (Å²) in [7, 11) is 0. The number of urea groups is 1. The number of nitrogens with one attached hydrogen (secondary N) is 2. The van der Waals surface area contributed by atoms with Crippen molar-refractivity contribution in [3.63, 3.8) is 0 Å². The van der Waals surface area contributed by atoms with E-state index in [4.69, 9.17) is 0 Å². The summed E-state index contributed by atoms with van der Waals surface area (Å²) in [4.78, 5) is 19.6. The van der Waals surface area contributed by atoms with Crippen LogP contribution in [0.4, 0.5) is 4.79 Å². The van der Waals surface area contributed by atoms with Gasteiger partial charge in [0, 0.05) is 13.0 Å². The Morgan fingerprint density at radius 1 is 1.67 bits per heavy atom. The van der Waals surface area contributed by atoms with Gasteiger partial charge in [-0.1, -0.05) is 0 Å². The Morgan fingerprint density at radius 2 is 2.33 bits per heavy atom. The van der Waals surface area contributed by atoms with Gasteiger partial charge in [0.15, 0.2) is 0 Å². The molecule has 0 rings (SSSR count). The minimum atomic E-state index is -0.652. The number of hydrazine groups is 1. The van der Waals surface area contributed by atoms with Crippen LogP contribution >= 0.6 is 0 Å². The fraction of sp³-hybridized carbons (Fsp3) is 0.500. The zero-order valence-corrected chi connectivity index (χ0v) is 4.89. The van der Waals surface area contributed by atoms with E-state index in [1.165, 1.54) is 0 Å². The largest absolute Gasteiger partial charge is 0.351 e. The Morgan fingerprint density at radius 3 is 2.78 bits per heavy atom. The normalized spacial score (nSPS) is 8.44. The average molecular weight is 131 g/mol. The summed E-state index contributed by atoms with van der Waals surface area (Å²) < 4.78 is 0. The van der Waals surface area contributed by atoms with Crippen LogP contribution in [0.2, 0.25) is 0 Å². The summed E-state index contributed by atoms with van der Waals surface area (Å²) in [6, 6.07) is -0.652. The number of rotatable bonds is 4. The van der Waals surface area contributed by atoms with Gasteiger partial charge in [-0.3, -0.25) is 5.43 Å². The van der Waals surface area contributed by atoms with Gasteiger partial charge in [-0.25, -0.2) is 10.2 Å². The van der Waals surface area contributed by atoms with E-state index in [1.807, 2.05) is 0 Å². The van der Waals surface area contributed by atoms with Crippen molar-refractivity contribution in [2.45, 2.75) is 6.42 Å². The number of nitrogens with two attached hydrogens (primary N) is 1. The summed E-state index contributed by atoms with van der Waals surface area (Å²) in [5, 5.41) is 0. The molecule has 0 aliphatic carbocycles. The molecule has 0 saturated carbocycles. The SMILES string of the molecule is NC(=O)NNCCC=O. The lowest BCUT2D eigenvalue weighted by Gasteiger charge is -1.99. The zero-order chi connectivity index (χ0) is 7.11. The standard InChI is InChI=1S/C4H9N3O2/c5-4(9)7-6-2-1-3-8/h3,6H,1-2H2,(H3,5,7,9). The second kappa shape index (κ2) is 5.04. The van der Waals surface area contributed by atoms with Crippen molar-refractivity contribution in [3.8, 4) is 0 Å². The van der Waals surface area contributed by atoms with Gasteiger partial charge in [0.2, 0.25) is 0 Å². The third kappa shape index (κ3) is 6.90. The van der Waals surface area contributed by atoms with Gasteiger partial charge in [-0.2, -0.15) is 0 Å². The molecule has 0 aromatic heterocycles. The van der Waals surface area contributed by atoms with Crippen LogP contribution in [0.15, 0.2) is 0 Å². The van der Waals surface area contributed by atoms with E-state index in [-0.39, 0.29) is 0 Å². The topological polar surface area (TPSA) is 84.2 Å². The van der Waals surface area contributed by atoms with Crippen molar-refractivity contribution in [2.24, 2.45) is 5.73 Å². The first-order valence-corrected chi connectivity index (χ1v) is 2.49. The summed E-state index contributed by atoms with van der Waals surface area (Å²) >= 11 is 0. The molecule has 0 atom stereocenters. The zero-order valence-electron chi connectivity index (χ0n) is 4.89. The van der Waals surface area contributed by atoms with Crippen molar-refractivity contribution in [3.05, 3.63) is 0 Å². The molecule has 9 heavy (non-hydrogen) atoms. The number of amides is 2. The van der Waals surface area contributed by atoms with Crippen LogP contribution in [0.5, 0.6) is 0 Å². The number of carbonyl (C=O) groups is 2. The van der Waals surface area contributed by atoms with Gasteiger partial charge in [-0.15, -0.1) is 0 Å². The van der Waals surface area contributed by atoms with Gasteiger partial charge in [0.25, 0.3) is 0 Å². The van der Waals surface area contributed by atoms with Crippen LogP contribution in [0.3, 0.4) is 0 Å². The molecule has 0 aromatic carbocycles. The first-order valence-electron chi connectivity index (χ1n) is 2.49. The lowest BCUT2D eigenvalue weighted by atomic mass is 10.5. The molecule has 5 heteroatoms. The molecule has 0 aliphatic heterocycles. The van der Waals surface area contributed by atoms with E-state index in [1.54, 1.807) is 0 Å². The van der Waals surface area contributed by atoms with Crippen LogP contribution in [0, 0.1) is 0 Å². The molecule has 0 aromatic rings. The van der Waals surface area contributed by atoms with Crippen LogP contribution in [0.25, 0.3) is 0 Å². The second-order valence-corrected chi connectivity index (χ2v) is 1.37. The third-order valence-corrected chi connectivity index (χ3v) is 0.599. The molecule has 0 fully saturated rings. The molecular weight excluding hydrogens is 122 g/mol. The summed E-state index contributed by atoms with van der Waals surface area (Å²) in [5.41, 5.74) is 9.21. The van der Waals surface area contributed by atoms with Crippen LogP contribution in [0.1, 0.15) is 6.42 Å². The van der Waals surface area contributed by atoms with Gasteiger partial charge >= 0.3 is 6.03 Å². The average Bonchev–Trinajstić information content (AvgIpc) is 1.80. The molecular formula is C4H9N3O2. The molecule has 0 bridgehead atoms. The smallest absolute Gasteiger partial charge is 0.326 e. The molecule has 0 radical (unpaired) electrons. The molecule has 0 spiro atoms. The van der Waals surface area contributed by atoms with E-state index in [2.05, 4.69) is 16.6 Å². The number of carbonyl (C=O) groups excluding carboxylic acids is 2. The Bertz CT molecular complexity index is 104. The Kier molecular flexibility index (Phi) is 4.43. The lowest BCUT2D eigenvalue weighted by Crippen LogP contribution is -2.41. The lowest BCUT2D eigenvalue weighted by molar-refractivity contribution is -0.107. The van der Waals surface area contributed by atoms with Crippen LogP contribution < -0.4 is 16.6 Å². The highest BCUT2D eigenvalue weighted by Crippen LogP contribution is 1.61. The second-order valence-electron chi connectivity index (χ2n) is 1.37. The Hall–Kier alpha value is -1.10. The van der Waals surface area contributed by atoms with Crippen molar-refractivity contribution in [2.75, 3.05) is 6.54 Å². The maximum Gasteiger partial charge on any atom is 0.326 e. The number of hydrogen-bond donors (Lipinski definition) is 3. The van der Waals surface area contributed by atoms with Crippen LogP contribution in [-0.4, -0.2) is 18.9 Å². The van der Waals surface area contributed by atoms with Gasteiger partial charge in [0.05, 0.1) is 0 Å². The van der Waals surface area contributed by atoms with E-state index >= 15 is 0 Å². The van der Waals surface area contributed by atoms with E-state index in [9.17, 15) is 9.59 Å². The third-order valence-electron chi connectivity index (χ3n) is 0.599. The maximum atomic E-state index is 9.92. The predicted octanol–water partition coefficient (Wildman–Crippen LogP) is -1.25. The van der Waals surface area contributed by atoms with E-state index in [0.29, 0.717) is 13.0 Å². The highest BCUT2D eigenvalue weighted by molar-refractivity contribution is 5.70. The minimum absolute atomic E-state index is 0.361. The maximum absolute atomic E-state index is 9.92. The molecule has 2 amide bonds. The highest BCUT2D eigenvalue weighted by atomic mass is 16.2.